The number of rotatable bonds is 5. The minimum Gasteiger partial charge on any atom is -0.325 e. The molecule has 7 heteroatoms. The number of hydrogen-bond acceptors (Lipinski definition) is 3. The molecule has 2 aromatic carbocycles. The van der Waals surface area contributed by atoms with Gasteiger partial charge in [0.1, 0.15) is 6.54 Å². The van der Waals surface area contributed by atoms with Crippen molar-refractivity contribution in [1.29, 1.82) is 0 Å². The van der Waals surface area contributed by atoms with Gasteiger partial charge in [0, 0.05) is 10.7 Å². The number of hydrogen-bond donors (Lipinski definition) is 1. The largest absolute Gasteiger partial charge is 0.325 e. The SMILES string of the molecule is Cc1cccc(C)c1N(CC(=O)Nc1ccc(Cl)cc1)S(C)(=O)=O. The molecular formula is C17H19ClN2O3S. The third kappa shape index (κ3) is 4.49. The molecular weight excluding hydrogens is 348 g/mol. The van der Waals surface area contributed by atoms with E-state index in [9.17, 15) is 13.2 Å². The topological polar surface area (TPSA) is 66.5 Å². The molecule has 0 radical (unpaired) electrons. The van der Waals surface area contributed by atoms with Gasteiger partial charge in [-0.2, -0.15) is 0 Å². The second kappa shape index (κ2) is 7.23. The lowest BCUT2D eigenvalue weighted by molar-refractivity contribution is -0.114. The molecule has 0 aliphatic rings. The molecule has 1 N–H and O–H groups in total. The van der Waals surface area contributed by atoms with Crippen LogP contribution in [0.25, 0.3) is 0 Å². The van der Waals surface area contributed by atoms with E-state index >= 15 is 0 Å². The maximum Gasteiger partial charge on any atom is 0.245 e. The van der Waals surface area contributed by atoms with Crippen LogP contribution in [0.1, 0.15) is 11.1 Å². The molecule has 0 atom stereocenters. The smallest absolute Gasteiger partial charge is 0.245 e. The number of sulfonamides is 1. The average Bonchev–Trinajstić information content (AvgIpc) is 2.47. The van der Waals surface area contributed by atoms with Crippen LogP contribution < -0.4 is 9.62 Å². The summed E-state index contributed by atoms with van der Waals surface area (Å²) in [6.07, 6.45) is 1.09. The third-order valence-electron chi connectivity index (χ3n) is 3.50. The van der Waals surface area contributed by atoms with E-state index < -0.39 is 15.9 Å². The van der Waals surface area contributed by atoms with Crippen LogP contribution in [-0.2, 0) is 14.8 Å². The van der Waals surface area contributed by atoms with Crippen LogP contribution in [0.5, 0.6) is 0 Å². The molecule has 2 rings (SSSR count). The van der Waals surface area contributed by atoms with Gasteiger partial charge in [0.05, 0.1) is 11.9 Å². The quantitative estimate of drug-likeness (QED) is 0.882. The van der Waals surface area contributed by atoms with E-state index in [2.05, 4.69) is 5.32 Å². The van der Waals surface area contributed by atoms with Crippen LogP contribution in [0.4, 0.5) is 11.4 Å². The van der Waals surface area contributed by atoms with E-state index in [0.29, 0.717) is 16.4 Å². The summed E-state index contributed by atoms with van der Waals surface area (Å²) < 4.78 is 25.5. The van der Waals surface area contributed by atoms with E-state index in [-0.39, 0.29) is 6.54 Å². The summed E-state index contributed by atoms with van der Waals surface area (Å²) in [6, 6.07) is 12.1. The Labute approximate surface area is 147 Å². The fourth-order valence-corrected chi connectivity index (χ4v) is 3.52. The van der Waals surface area contributed by atoms with E-state index in [4.69, 9.17) is 11.6 Å². The number of benzene rings is 2. The summed E-state index contributed by atoms with van der Waals surface area (Å²) in [6.45, 7) is 3.34. The zero-order chi connectivity index (χ0) is 17.9. The van der Waals surface area contributed by atoms with Gasteiger partial charge in [-0.25, -0.2) is 8.42 Å². The van der Waals surface area contributed by atoms with E-state index in [1.165, 1.54) is 0 Å². The first-order valence-electron chi connectivity index (χ1n) is 7.28. The van der Waals surface area contributed by atoms with Crippen LogP contribution in [0.2, 0.25) is 5.02 Å². The standard InChI is InChI=1S/C17H19ClN2O3S/c1-12-5-4-6-13(2)17(12)20(24(3,22)23)11-16(21)19-15-9-7-14(18)8-10-15/h4-10H,11H2,1-3H3,(H,19,21). The number of para-hydroxylation sites is 1. The summed E-state index contributed by atoms with van der Waals surface area (Å²) in [7, 11) is -3.61. The van der Waals surface area contributed by atoms with Gasteiger partial charge in [-0.15, -0.1) is 0 Å². The summed E-state index contributed by atoms with van der Waals surface area (Å²) in [4.78, 5) is 12.3. The van der Waals surface area contributed by atoms with E-state index in [1.807, 2.05) is 32.0 Å². The number of halogens is 1. The minimum atomic E-state index is -3.61. The van der Waals surface area contributed by atoms with E-state index in [1.54, 1.807) is 24.3 Å². The zero-order valence-electron chi connectivity index (χ0n) is 13.7. The van der Waals surface area contributed by atoms with Gasteiger partial charge in [0.2, 0.25) is 15.9 Å². The van der Waals surface area contributed by atoms with Crippen LogP contribution in [-0.4, -0.2) is 27.1 Å². The Balaban J connectivity index is 2.27. The lowest BCUT2D eigenvalue weighted by Gasteiger charge is -2.25. The molecule has 0 bridgehead atoms. The molecule has 1 amide bonds. The molecule has 2 aromatic rings. The van der Waals surface area contributed by atoms with Gasteiger partial charge in [-0.1, -0.05) is 29.8 Å². The molecule has 0 spiro atoms. The van der Waals surface area contributed by atoms with Crippen molar-refractivity contribution < 1.29 is 13.2 Å². The number of anilines is 2. The van der Waals surface area contributed by atoms with Gasteiger partial charge in [0.15, 0.2) is 0 Å². The highest BCUT2D eigenvalue weighted by Crippen LogP contribution is 2.26. The van der Waals surface area contributed by atoms with Crippen LogP contribution >= 0.6 is 11.6 Å². The first-order valence-corrected chi connectivity index (χ1v) is 9.50. The molecule has 0 saturated heterocycles. The van der Waals surface area contributed by atoms with Crippen LogP contribution in [0.3, 0.4) is 0 Å². The lowest BCUT2D eigenvalue weighted by Crippen LogP contribution is -2.38. The normalized spacial score (nSPS) is 11.2. The predicted molar refractivity (Wildman–Crippen MR) is 98.2 cm³/mol. The summed E-state index contributed by atoms with van der Waals surface area (Å²) >= 11 is 5.81. The van der Waals surface area contributed by atoms with Gasteiger partial charge >= 0.3 is 0 Å². The monoisotopic (exact) mass is 366 g/mol. The maximum absolute atomic E-state index is 12.3. The Morgan fingerprint density at radius 3 is 2.12 bits per heavy atom. The molecule has 128 valence electrons. The van der Waals surface area contributed by atoms with Crippen LogP contribution in [0.15, 0.2) is 42.5 Å². The number of carbonyl (C=O) groups excluding carboxylic acids is 1. The Bertz CT molecular complexity index is 828. The number of aryl methyl sites for hydroxylation is 2. The van der Waals surface area contributed by atoms with Gasteiger partial charge in [-0.05, 0) is 49.2 Å². The highest BCUT2D eigenvalue weighted by atomic mass is 35.5. The van der Waals surface area contributed by atoms with Gasteiger partial charge in [0.25, 0.3) is 0 Å². The highest BCUT2D eigenvalue weighted by molar-refractivity contribution is 7.92. The van der Waals surface area contributed by atoms with Crippen molar-refractivity contribution >= 4 is 38.9 Å². The summed E-state index contributed by atoms with van der Waals surface area (Å²) in [5.74, 6) is -0.426. The van der Waals surface area contributed by atoms with Crippen LogP contribution in [0, 0.1) is 13.8 Å². The van der Waals surface area contributed by atoms with Crippen molar-refractivity contribution in [3.05, 3.63) is 58.6 Å². The van der Waals surface area contributed by atoms with Gasteiger partial charge < -0.3 is 5.32 Å². The highest BCUT2D eigenvalue weighted by Gasteiger charge is 2.23. The second-order valence-electron chi connectivity index (χ2n) is 5.57. The molecule has 0 unspecified atom stereocenters. The molecule has 0 fully saturated rings. The fraction of sp³-hybridized carbons (Fsp3) is 0.235. The van der Waals surface area contributed by atoms with Crippen molar-refractivity contribution in [3.63, 3.8) is 0 Å². The first-order chi connectivity index (χ1) is 11.2. The molecule has 0 saturated carbocycles. The molecule has 0 heterocycles. The Hall–Kier alpha value is -2.05. The molecule has 0 aliphatic carbocycles. The number of nitrogens with zero attached hydrogens (tertiary/aromatic N) is 1. The van der Waals surface area contributed by atoms with Crippen molar-refractivity contribution in [3.8, 4) is 0 Å². The first kappa shape index (κ1) is 18.3. The van der Waals surface area contributed by atoms with Crippen molar-refractivity contribution in [2.75, 3.05) is 22.4 Å². The predicted octanol–water partition coefficient (Wildman–Crippen LogP) is 3.36. The third-order valence-corrected chi connectivity index (χ3v) is 4.87. The average molecular weight is 367 g/mol. The number of nitrogens with one attached hydrogen (secondary N) is 1. The Morgan fingerprint density at radius 1 is 1.08 bits per heavy atom. The summed E-state index contributed by atoms with van der Waals surface area (Å²) in [5.41, 5.74) is 2.67. The molecule has 5 nitrogen and oxygen atoms in total. The van der Waals surface area contributed by atoms with Gasteiger partial charge in [-0.3, -0.25) is 9.10 Å². The lowest BCUT2D eigenvalue weighted by atomic mass is 10.1. The number of amides is 1. The van der Waals surface area contributed by atoms with Crippen molar-refractivity contribution in [2.45, 2.75) is 13.8 Å². The maximum atomic E-state index is 12.3. The molecule has 0 aromatic heterocycles. The summed E-state index contributed by atoms with van der Waals surface area (Å²) in [5, 5.41) is 3.23. The minimum absolute atomic E-state index is 0.298. The fourth-order valence-electron chi connectivity index (χ4n) is 2.43. The van der Waals surface area contributed by atoms with Crippen molar-refractivity contribution in [2.24, 2.45) is 0 Å². The second-order valence-corrected chi connectivity index (χ2v) is 7.91. The van der Waals surface area contributed by atoms with Crippen molar-refractivity contribution in [1.82, 2.24) is 0 Å². The zero-order valence-corrected chi connectivity index (χ0v) is 15.3. The number of carbonyl (C=O) groups is 1. The Kier molecular flexibility index (Phi) is 5.51. The molecule has 0 aliphatic heterocycles. The van der Waals surface area contributed by atoms with E-state index in [0.717, 1.165) is 21.7 Å². The molecule has 24 heavy (non-hydrogen) atoms. The Morgan fingerprint density at radius 2 is 1.62 bits per heavy atom.